The Bertz CT molecular complexity index is 547. The molecule has 1 saturated heterocycles. The smallest absolute Gasteiger partial charge is 0.331 e. The monoisotopic (exact) mass is 303 g/mol. The second-order valence-corrected chi connectivity index (χ2v) is 5.29. The van der Waals surface area contributed by atoms with Crippen molar-refractivity contribution < 1.29 is 19.1 Å². The van der Waals surface area contributed by atoms with Crippen molar-refractivity contribution in [3.63, 3.8) is 0 Å². The maximum absolute atomic E-state index is 11.6. The SMILES string of the molecule is Cc1cccc(/C=C/C(=O)OCC(=O)NC[C@@H]2CCCO2)c1. The number of aryl methyl sites for hydroxylation is 1. The van der Waals surface area contributed by atoms with Crippen LogP contribution in [0.15, 0.2) is 30.3 Å². The van der Waals surface area contributed by atoms with Gasteiger partial charge in [-0.1, -0.05) is 29.8 Å². The molecule has 2 rings (SSSR count). The van der Waals surface area contributed by atoms with Crippen molar-refractivity contribution in [3.05, 3.63) is 41.5 Å². The summed E-state index contributed by atoms with van der Waals surface area (Å²) in [4.78, 5) is 23.1. The minimum Gasteiger partial charge on any atom is -0.452 e. The summed E-state index contributed by atoms with van der Waals surface area (Å²) in [6.45, 7) is 2.92. The van der Waals surface area contributed by atoms with E-state index < -0.39 is 5.97 Å². The molecule has 0 aliphatic carbocycles. The molecule has 0 bridgehead atoms. The maximum atomic E-state index is 11.6. The van der Waals surface area contributed by atoms with Crippen LogP contribution in [-0.2, 0) is 19.1 Å². The zero-order valence-electron chi connectivity index (χ0n) is 12.7. The number of carbonyl (C=O) groups excluding carboxylic acids is 2. The molecule has 0 radical (unpaired) electrons. The summed E-state index contributed by atoms with van der Waals surface area (Å²) in [5.74, 6) is -0.846. The van der Waals surface area contributed by atoms with Gasteiger partial charge in [0.25, 0.3) is 5.91 Å². The van der Waals surface area contributed by atoms with Crippen LogP contribution in [0.1, 0.15) is 24.0 Å². The van der Waals surface area contributed by atoms with E-state index in [4.69, 9.17) is 9.47 Å². The largest absolute Gasteiger partial charge is 0.452 e. The Morgan fingerprint density at radius 3 is 3.05 bits per heavy atom. The molecule has 118 valence electrons. The van der Waals surface area contributed by atoms with Gasteiger partial charge in [0.15, 0.2) is 6.61 Å². The van der Waals surface area contributed by atoms with Crippen molar-refractivity contribution in [2.24, 2.45) is 0 Å². The number of hydrogen-bond donors (Lipinski definition) is 1. The van der Waals surface area contributed by atoms with Crippen LogP contribution in [0.4, 0.5) is 0 Å². The molecule has 5 heteroatoms. The van der Waals surface area contributed by atoms with Gasteiger partial charge in [-0.25, -0.2) is 4.79 Å². The summed E-state index contributed by atoms with van der Waals surface area (Å²) >= 11 is 0. The van der Waals surface area contributed by atoms with Crippen LogP contribution in [0, 0.1) is 6.92 Å². The van der Waals surface area contributed by atoms with E-state index in [0.29, 0.717) is 6.54 Å². The minimum atomic E-state index is -0.534. The number of carbonyl (C=O) groups is 2. The quantitative estimate of drug-likeness (QED) is 0.643. The molecular weight excluding hydrogens is 282 g/mol. The minimum absolute atomic E-state index is 0.0841. The molecule has 1 fully saturated rings. The van der Waals surface area contributed by atoms with Crippen molar-refractivity contribution in [1.82, 2.24) is 5.32 Å². The normalized spacial score (nSPS) is 17.6. The van der Waals surface area contributed by atoms with Gasteiger partial charge in [-0.05, 0) is 31.4 Å². The fraction of sp³-hybridized carbons (Fsp3) is 0.412. The van der Waals surface area contributed by atoms with Crippen LogP contribution in [0.25, 0.3) is 6.08 Å². The molecular formula is C17H21NO4. The molecule has 1 aliphatic rings. The van der Waals surface area contributed by atoms with E-state index >= 15 is 0 Å². The molecule has 1 aromatic rings. The lowest BCUT2D eigenvalue weighted by atomic mass is 10.1. The molecule has 0 spiro atoms. The Labute approximate surface area is 130 Å². The first kappa shape index (κ1) is 16.2. The van der Waals surface area contributed by atoms with E-state index in [1.54, 1.807) is 6.08 Å². The maximum Gasteiger partial charge on any atom is 0.331 e. The lowest BCUT2D eigenvalue weighted by molar-refractivity contribution is -0.143. The topological polar surface area (TPSA) is 64.6 Å². The van der Waals surface area contributed by atoms with Gasteiger partial charge in [-0.2, -0.15) is 0 Å². The fourth-order valence-corrected chi connectivity index (χ4v) is 2.21. The standard InChI is InChI=1S/C17H21NO4/c1-13-4-2-5-14(10-13)7-8-17(20)22-12-16(19)18-11-15-6-3-9-21-15/h2,4-5,7-8,10,15H,3,6,9,11-12H2,1H3,(H,18,19)/b8-7+/t15-/m0/s1. The zero-order valence-corrected chi connectivity index (χ0v) is 12.7. The van der Waals surface area contributed by atoms with Crippen molar-refractivity contribution >= 4 is 18.0 Å². The number of rotatable bonds is 6. The zero-order chi connectivity index (χ0) is 15.8. The van der Waals surface area contributed by atoms with Crippen LogP contribution in [-0.4, -0.2) is 37.7 Å². The molecule has 0 saturated carbocycles. The predicted molar refractivity (Wildman–Crippen MR) is 83.2 cm³/mol. The number of hydrogen-bond acceptors (Lipinski definition) is 4. The van der Waals surface area contributed by atoms with Crippen molar-refractivity contribution in [3.8, 4) is 0 Å². The van der Waals surface area contributed by atoms with E-state index in [0.717, 1.165) is 30.6 Å². The van der Waals surface area contributed by atoms with Gasteiger partial charge in [-0.3, -0.25) is 4.79 Å². The van der Waals surface area contributed by atoms with Crippen molar-refractivity contribution in [1.29, 1.82) is 0 Å². The van der Waals surface area contributed by atoms with Gasteiger partial charge < -0.3 is 14.8 Å². The van der Waals surface area contributed by atoms with Crippen LogP contribution >= 0.6 is 0 Å². The van der Waals surface area contributed by atoms with E-state index in [1.165, 1.54) is 6.08 Å². The van der Waals surface area contributed by atoms with Gasteiger partial charge in [0.1, 0.15) is 0 Å². The Morgan fingerprint density at radius 2 is 2.32 bits per heavy atom. The van der Waals surface area contributed by atoms with E-state index in [1.807, 2.05) is 31.2 Å². The molecule has 1 aromatic carbocycles. The molecule has 1 heterocycles. The summed E-state index contributed by atoms with van der Waals surface area (Å²) in [6.07, 6.45) is 5.06. The Kier molecular flexibility index (Phi) is 6.15. The van der Waals surface area contributed by atoms with Crippen LogP contribution in [0.5, 0.6) is 0 Å². The highest BCUT2D eigenvalue weighted by atomic mass is 16.5. The fourth-order valence-electron chi connectivity index (χ4n) is 2.21. The van der Waals surface area contributed by atoms with E-state index in [9.17, 15) is 9.59 Å². The second-order valence-electron chi connectivity index (χ2n) is 5.29. The molecule has 1 amide bonds. The number of benzene rings is 1. The molecule has 5 nitrogen and oxygen atoms in total. The molecule has 1 atom stereocenters. The first-order chi connectivity index (χ1) is 10.6. The molecule has 0 unspecified atom stereocenters. The van der Waals surface area contributed by atoms with E-state index in [2.05, 4.69) is 5.32 Å². The highest BCUT2D eigenvalue weighted by Gasteiger charge is 2.16. The van der Waals surface area contributed by atoms with Gasteiger partial charge in [0.05, 0.1) is 6.10 Å². The molecule has 1 N–H and O–H groups in total. The van der Waals surface area contributed by atoms with Gasteiger partial charge in [0.2, 0.25) is 0 Å². The number of amides is 1. The molecule has 1 aliphatic heterocycles. The third-order valence-electron chi connectivity index (χ3n) is 3.35. The van der Waals surface area contributed by atoms with Gasteiger partial charge in [-0.15, -0.1) is 0 Å². The lowest BCUT2D eigenvalue weighted by Gasteiger charge is -2.10. The van der Waals surface area contributed by atoms with Crippen molar-refractivity contribution in [2.75, 3.05) is 19.8 Å². The Hall–Kier alpha value is -2.14. The van der Waals surface area contributed by atoms with Crippen molar-refractivity contribution in [2.45, 2.75) is 25.9 Å². The Morgan fingerprint density at radius 1 is 1.45 bits per heavy atom. The van der Waals surface area contributed by atoms with E-state index in [-0.39, 0.29) is 18.6 Å². The molecule has 0 aromatic heterocycles. The second kappa shape index (κ2) is 8.34. The first-order valence-corrected chi connectivity index (χ1v) is 7.43. The van der Waals surface area contributed by atoms with Gasteiger partial charge in [0, 0.05) is 19.2 Å². The molecule has 22 heavy (non-hydrogen) atoms. The number of esters is 1. The highest BCUT2D eigenvalue weighted by molar-refractivity contribution is 5.89. The summed E-state index contributed by atoms with van der Waals surface area (Å²) < 4.78 is 10.3. The lowest BCUT2D eigenvalue weighted by Crippen LogP contribution is -2.34. The summed E-state index contributed by atoms with van der Waals surface area (Å²) in [6, 6.07) is 7.75. The van der Waals surface area contributed by atoms with Crippen LogP contribution < -0.4 is 5.32 Å². The average Bonchev–Trinajstić information content (AvgIpc) is 3.02. The number of nitrogens with one attached hydrogen (secondary N) is 1. The third kappa shape index (κ3) is 5.69. The summed E-state index contributed by atoms with van der Waals surface area (Å²) in [7, 11) is 0. The van der Waals surface area contributed by atoms with Crippen LogP contribution in [0.3, 0.4) is 0 Å². The average molecular weight is 303 g/mol. The van der Waals surface area contributed by atoms with Crippen LogP contribution in [0.2, 0.25) is 0 Å². The number of ether oxygens (including phenoxy) is 2. The Balaban J connectivity index is 1.67. The third-order valence-corrected chi connectivity index (χ3v) is 3.35. The summed E-state index contributed by atoms with van der Waals surface area (Å²) in [5, 5.41) is 2.70. The predicted octanol–water partition coefficient (Wildman–Crippen LogP) is 1.85. The summed E-state index contributed by atoms with van der Waals surface area (Å²) in [5.41, 5.74) is 2.03. The van der Waals surface area contributed by atoms with Gasteiger partial charge >= 0.3 is 5.97 Å². The highest BCUT2D eigenvalue weighted by Crippen LogP contribution is 2.10. The first-order valence-electron chi connectivity index (χ1n) is 7.43.